The molecule has 0 radical (unpaired) electrons. The molecule has 0 aromatic carbocycles. The number of esters is 3. The molecule has 0 aromatic rings. The van der Waals surface area contributed by atoms with Crippen LogP contribution in [0.2, 0.25) is 0 Å². The van der Waals surface area contributed by atoms with E-state index in [2.05, 4.69) is 27.7 Å². The van der Waals surface area contributed by atoms with Gasteiger partial charge in [0, 0.05) is 19.3 Å². The van der Waals surface area contributed by atoms with Crippen molar-refractivity contribution in [2.75, 3.05) is 13.2 Å². The molecule has 6 heteroatoms. The third-order valence-corrected chi connectivity index (χ3v) is 14.5. The molecule has 0 fully saturated rings. The number of unbranched alkanes of at least 4 members (excludes halogenated alkanes) is 45. The van der Waals surface area contributed by atoms with Crippen LogP contribution in [-0.4, -0.2) is 37.2 Å². The molecule has 0 amide bonds. The standard InChI is InChI=1S/C63H122O6/c1-5-7-9-11-13-15-17-18-19-20-21-26-29-32-36-40-44-48-52-56-63(66)69-60(57-67-61(64)54-50-46-42-38-33-16-14-12-10-8-6-2)58-68-62(65)55-51-47-43-39-35-31-28-25-23-22-24-27-30-34-37-41-45-49-53-59(3)4/h59-60H,5-58H2,1-4H3/t60-/m0/s1. The Labute approximate surface area is 431 Å². The van der Waals surface area contributed by atoms with E-state index in [0.29, 0.717) is 19.3 Å². The van der Waals surface area contributed by atoms with Crippen molar-refractivity contribution in [1.82, 2.24) is 0 Å². The summed E-state index contributed by atoms with van der Waals surface area (Å²) in [6.45, 7) is 9.09. The molecule has 6 nitrogen and oxygen atoms in total. The zero-order chi connectivity index (χ0) is 50.2. The van der Waals surface area contributed by atoms with Crippen LogP contribution < -0.4 is 0 Å². The predicted molar refractivity (Wildman–Crippen MR) is 298 cm³/mol. The first-order valence-corrected chi connectivity index (χ1v) is 31.4. The van der Waals surface area contributed by atoms with Gasteiger partial charge in [0.1, 0.15) is 13.2 Å². The normalized spacial score (nSPS) is 12.0. The molecule has 0 saturated heterocycles. The Morgan fingerprint density at radius 2 is 0.478 bits per heavy atom. The molecule has 410 valence electrons. The van der Waals surface area contributed by atoms with Crippen molar-refractivity contribution in [2.45, 2.75) is 368 Å². The van der Waals surface area contributed by atoms with E-state index in [1.54, 1.807) is 0 Å². The summed E-state index contributed by atoms with van der Waals surface area (Å²) in [7, 11) is 0. The molecule has 69 heavy (non-hydrogen) atoms. The number of hydrogen-bond acceptors (Lipinski definition) is 6. The minimum absolute atomic E-state index is 0.0613. The first-order valence-electron chi connectivity index (χ1n) is 31.4. The summed E-state index contributed by atoms with van der Waals surface area (Å²) in [6.07, 6.45) is 63.9. The van der Waals surface area contributed by atoms with Gasteiger partial charge in [-0.25, -0.2) is 0 Å². The largest absolute Gasteiger partial charge is 0.462 e. The predicted octanol–water partition coefficient (Wildman–Crippen LogP) is 21.0. The lowest BCUT2D eigenvalue weighted by Gasteiger charge is -2.18. The van der Waals surface area contributed by atoms with Crippen molar-refractivity contribution in [2.24, 2.45) is 5.92 Å². The van der Waals surface area contributed by atoms with Gasteiger partial charge in [0.05, 0.1) is 0 Å². The Balaban J connectivity index is 4.21. The van der Waals surface area contributed by atoms with E-state index in [4.69, 9.17) is 14.2 Å². The van der Waals surface area contributed by atoms with Gasteiger partial charge in [0.25, 0.3) is 0 Å². The molecule has 0 spiro atoms. The Hall–Kier alpha value is -1.59. The molecular weight excluding hydrogens is 853 g/mol. The first kappa shape index (κ1) is 67.4. The maximum atomic E-state index is 12.9. The molecule has 0 N–H and O–H groups in total. The minimum atomic E-state index is -0.762. The van der Waals surface area contributed by atoms with Crippen LogP contribution >= 0.6 is 0 Å². The highest BCUT2D eigenvalue weighted by Crippen LogP contribution is 2.19. The van der Waals surface area contributed by atoms with Crippen LogP contribution in [0, 0.1) is 5.92 Å². The summed E-state index contributed by atoms with van der Waals surface area (Å²) in [5.74, 6) is 0.0284. The second-order valence-corrected chi connectivity index (χ2v) is 22.2. The smallest absolute Gasteiger partial charge is 0.306 e. The van der Waals surface area contributed by atoms with Gasteiger partial charge in [-0.15, -0.1) is 0 Å². The average Bonchev–Trinajstić information content (AvgIpc) is 3.34. The topological polar surface area (TPSA) is 78.9 Å². The highest BCUT2D eigenvalue weighted by molar-refractivity contribution is 5.71. The van der Waals surface area contributed by atoms with Gasteiger partial charge in [-0.1, -0.05) is 323 Å². The quantitative estimate of drug-likeness (QED) is 0.0343. The second-order valence-electron chi connectivity index (χ2n) is 22.2. The molecule has 0 aliphatic rings. The van der Waals surface area contributed by atoms with E-state index >= 15 is 0 Å². The number of ether oxygens (including phenoxy) is 3. The van der Waals surface area contributed by atoms with Gasteiger partial charge in [-0.3, -0.25) is 14.4 Å². The Bertz CT molecular complexity index is 1040. The van der Waals surface area contributed by atoms with Crippen LogP contribution in [0.4, 0.5) is 0 Å². The van der Waals surface area contributed by atoms with Crippen LogP contribution in [-0.2, 0) is 28.6 Å². The van der Waals surface area contributed by atoms with Crippen molar-refractivity contribution in [3.8, 4) is 0 Å². The van der Waals surface area contributed by atoms with Gasteiger partial charge in [-0.05, 0) is 25.2 Å². The molecule has 0 saturated carbocycles. The fraction of sp³-hybridized carbons (Fsp3) is 0.952. The van der Waals surface area contributed by atoms with Crippen molar-refractivity contribution in [3.63, 3.8) is 0 Å². The van der Waals surface area contributed by atoms with Crippen LogP contribution in [0.25, 0.3) is 0 Å². The van der Waals surface area contributed by atoms with E-state index in [9.17, 15) is 14.4 Å². The monoisotopic (exact) mass is 975 g/mol. The Kier molecular flexibility index (Phi) is 56.0. The lowest BCUT2D eigenvalue weighted by Crippen LogP contribution is -2.30. The molecule has 1 atom stereocenters. The van der Waals surface area contributed by atoms with Crippen molar-refractivity contribution in [1.29, 1.82) is 0 Å². The zero-order valence-electron chi connectivity index (χ0n) is 47.3. The van der Waals surface area contributed by atoms with E-state index < -0.39 is 6.10 Å². The molecule has 0 unspecified atom stereocenters. The number of rotatable bonds is 58. The van der Waals surface area contributed by atoms with Gasteiger partial charge >= 0.3 is 17.9 Å². The number of carbonyl (C=O) groups is 3. The fourth-order valence-electron chi connectivity index (χ4n) is 9.81. The van der Waals surface area contributed by atoms with Gasteiger partial charge < -0.3 is 14.2 Å². The Morgan fingerprint density at radius 1 is 0.275 bits per heavy atom. The lowest BCUT2D eigenvalue weighted by molar-refractivity contribution is -0.167. The average molecular weight is 976 g/mol. The van der Waals surface area contributed by atoms with E-state index in [1.165, 1.54) is 257 Å². The van der Waals surface area contributed by atoms with Gasteiger partial charge in [0.2, 0.25) is 0 Å². The maximum Gasteiger partial charge on any atom is 0.306 e. The lowest BCUT2D eigenvalue weighted by atomic mass is 10.0. The second kappa shape index (κ2) is 57.3. The molecule has 0 aliphatic carbocycles. The number of hydrogen-bond donors (Lipinski definition) is 0. The maximum absolute atomic E-state index is 12.9. The van der Waals surface area contributed by atoms with Crippen LogP contribution in [0.5, 0.6) is 0 Å². The highest BCUT2D eigenvalue weighted by atomic mass is 16.6. The Morgan fingerprint density at radius 3 is 0.710 bits per heavy atom. The van der Waals surface area contributed by atoms with Crippen molar-refractivity contribution >= 4 is 17.9 Å². The summed E-state index contributed by atoms with van der Waals surface area (Å²) < 4.78 is 16.9. The molecule has 0 heterocycles. The molecule has 0 aliphatic heterocycles. The molecule has 0 aromatic heterocycles. The van der Waals surface area contributed by atoms with Gasteiger partial charge in [-0.2, -0.15) is 0 Å². The van der Waals surface area contributed by atoms with Crippen molar-refractivity contribution in [3.05, 3.63) is 0 Å². The molecular formula is C63H122O6. The molecule has 0 rings (SSSR count). The van der Waals surface area contributed by atoms with Crippen LogP contribution in [0.1, 0.15) is 362 Å². The van der Waals surface area contributed by atoms with Crippen LogP contribution in [0.3, 0.4) is 0 Å². The summed E-state index contributed by atoms with van der Waals surface area (Å²) in [5.41, 5.74) is 0. The van der Waals surface area contributed by atoms with Crippen molar-refractivity contribution < 1.29 is 28.6 Å². The van der Waals surface area contributed by atoms with E-state index in [0.717, 1.165) is 63.7 Å². The third kappa shape index (κ3) is 57.2. The zero-order valence-corrected chi connectivity index (χ0v) is 47.3. The first-order chi connectivity index (χ1) is 33.9. The summed E-state index contributed by atoms with van der Waals surface area (Å²) in [4.78, 5) is 38.2. The van der Waals surface area contributed by atoms with Gasteiger partial charge in [0.15, 0.2) is 6.10 Å². The molecule has 0 bridgehead atoms. The van der Waals surface area contributed by atoms with E-state index in [-0.39, 0.29) is 31.1 Å². The third-order valence-electron chi connectivity index (χ3n) is 14.5. The highest BCUT2D eigenvalue weighted by Gasteiger charge is 2.19. The SMILES string of the molecule is CCCCCCCCCCCCCCCCCCCCCC(=O)O[C@@H](COC(=O)CCCCCCCCCCCCC)COC(=O)CCCCCCCCCCCCCCCCCCCCC(C)C. The minimum Gasteiger partial charge on any atom is -0.462 e. The summed E-state index contributed by atoms with van der Waals surface area (Å²) in [6, 6.07) is 0. The van der Waals surface area contributed by atoms with E-state index in [1.807, 2.05) is 0 Å². The number of carbonyl (C=O) groups excluding carboxylic acids is 3. The fourth-order valence-corrected chi connectivity index (χ4v) is 9.81. The summed E-state index contributed by atoms with van der Waals surface area (Å²) >= 11 is 0. The summed E-state index contributed by atoms with van der Waals surface area (Å²) in [5, 5.41) is 0. The van der Waals surface area contributed by atoms with Crippen LogP contribution in [0.15, 0.2) is 0 Å².